The van der Waals surface area contributed by atoms with E-state index in [1.54, 1.807) is 19.1 Å². The molecule has 136 valence electrons. The number of allylic oxidation sites excluding steroid dienone is 5. The van der Waals surface area contributed by atoms with Crippen LogP contribution < -0.4 is 5.43 Å². The minimum Gasteiger partial charge on any atom is -0.456 e. The first kappa shape index (κ1) is 18.6. The van der Waals surface area contributed by atoms with Gasteiger partial charge < -0.3 is 4.42 Å². The minimum atomic E-state index is -0.0394. The molecule has 0 unspecified atom stereocenters. The molecule has 3 nitrogen and oxygen atoms in total. The zero-order valence-corrected chi connectivity index (χ0v) is 15.8. The Bertz CT molecular complexity index is 1170. The van der Waals surface area contributed by atoms with E-state index >= 15 is 0 Å². The fraction of sp³-hybridized carbons (Fsp3) is 0.167. The number of carbonyl (C=O) groups excluding carboxylic acids is 1. The molecule has 1 heterocycles. The lowest BCUT2D eigenvalue weighted by atomic mass is 10.0. The summed E-state index contributed by atoms with van der Waals surface area (Å²) in [7, 11) is 0. The van der Waals surface area contributed by atoms with Crippen molar-refractivity contribution in [1.29, 1.82) is 0 Å². The lowest BCUT2D eigenvalue weighted by Crippen LogP contribution is -2.02. The molecule has 0 aliphatic rings. The van der Waals surface area contributed by atoms with E-state index in [2.05, 4.69) is 6.58 Å². The predicted octanol–water partition coefficient (Wildman–Crippen LogP) is 5.53. The summed E-state index contributed by atoms with van der Waals surface area (Å²) in [6, 6.07) is 12.8. The van der Waals surface area contributed by atoms with Crippen molar-refractivity contribution in [2.75, 3.05) is 0 Å². The van der Waals surface area contributed by atoms with Gasteiger partial charge >= 0.3 is 0 Å². The number of Topliss-reactive ketones (excluding diaryl/α,β-unsaturated/α-hetero) is 1. The Morgan fingerprint density at radius 2 is 1.74 bits per heavy atom. The molecule has 3 rings (SSSR count). The van der Waals surface area contributed by atoms with Crippen LogP contribution in [0, 0.1) is 0 Å². The largest absolute Gasteiger partial charge is 0.456 e. The third-order valence-corrected chi connectivity index (χ3v) is 4.65. The summed E-state index contributed by atoms with van der Waals surface area (Å²) in [5.74, 6) is 0.00176. The molecule has 3 heteroatoms. The molecule has 0 aliphatic heterocycles. The summed E-state index contributed by atoms with van der Waals surface area (Å²) in [6.07, 6.45) is 4.29. The SMILES string of the molecule is C=C(C)C(C)=CC(=CCc1ccc2oc3ccccc3c(=O)c2c1)C(C)=O. The average Bonchev–Trinajstić information content (AvgIpc) is 2.65. The number of ketones is 1. The monoisotopic (exact) mass is 358 g/mol. The molecule has 1 aromatic heterocycles. The summed E-state index contributed by atoms with van der Waals surface area (Å²) in [5, 5.41) is 1.12. The van der Waals surface area contributed by atoms with Crippen LogP contribution in [0.4, 0.5) is 0 Å². The molecule has 0 saturated heterocycles. The fourth-order valence-corrected chi connectivity index (χ4v) is 2.87. The maximum Gasteiger partial charge on any atom is 0.200 e. The van der Waals surface area contributed by atoms with Crippen molar-refractivity contribution in [3.63, 3.8) is 0 Å². The standard InChI is InChI=1S/C24H22O3/c1-15(2)16(3)13-19(17(4)25)11-9-18-10-12-23-21(14-18)24(26)20-7-5-6-8-22(20)27-23/h5-8,10-14H,1,9H2,2-4H3. The van der Waals surface area contributed by atoms with Crippen molar-refractivity contribution < 1.29 is 9.21 Å². The van der Waals surface area contributed by atoms with Crippen LogP contribution in [0.15, 0.2) is 87.1 Å². The van der Waals surface area contributed by atoms with Gasteiger partial charge in [-0.1, -0.05) is 36.4 Å². The van der Waals surface area contributed by atoms with E-state index in [9.17, 15) is 9.59 Å². The van der Waals surface area contributed by atoms with Crippen LogP contribution in [-0.2, 0) is 11.2 Å². The third kappa shape index (κ3) is 3.98. The number of hydrogen-bond donors (Lipinski definition) is 0. The van der Waals surface area contributed by atoms with E-state index in [0.717, 1.165) is 16.7 Å². The Labute approximate surface area is 158 Å². The van der Waals surface area contributed by atoms with E-state index in [1.807, 2.05) is 56.3 Å². The Kier molecular flexibility index (Phi) is 5.22. The maximum atomic E-state index is 12.8. The first-order valence-electron chi connectivity index (χ1n) is 8.86. The number of para-hydroxylation sites is 1. The van der Waals surface area contributed by atoms with Gasteiger partial charge in [-0.05, 0) is 68.7 Å². The first-order chi connectivity index (χ1) is 12.9. The van der Waals surface area contributed by atoms with Crippen molar-refractivity contribution in [3.8, 4) is 0 Å². The molecule has 0 N–H and O–H groups in total. The van der Waals surface area contributed by atoms with Gasteiger partial charge in [0.1, 0.15) is 11.2 Å². The highest BCUT2D eigenvalue weighted by Gasteiger charge is 2.08. The molecule has 0 aliphatic carbocycles. The van der Waals surface area contributed by atoms with Crippen molar-refractivity contribution in [2.45, 2.75) is 27.2 Å². The average molecular weight is 358 g/mol. The zero-order valence-electron chi connectivity index (χ0n) is 15.8. The Balaban J connectivity index is 2.02. The number of benzene rings is 2. The summed E-state index contributed by atoms with van der Waals surface area (Å²) in [6.45, 7) is 9.30. The van der Waals surface area contributed by atoms with Crippen LogP contribution in [0.2, 0.25) is 0 Å². The van der Waals surface area contributed by atoms with E-state index in [0.29, 0.717) is 33.9 Å². The fourth-order valence-electron chi connectivity index (χ4n) is 2.87. The molecule has 0 spiro atoms. The lowest BCUT2D eigenvalue weighted by molar-refractivity contribution is -0.113. The van der Waals surface area contributed by atoms with E-state index in [1.165, 1.54) is 0 Å². The highest BCUT2D eigenvalue weighted by atomic mass is 16.3. The minimum absolute atomic E-state index is 0.00176. The molecule has 2 aromatic carbocycles. The maximum absolute atomic E-state index is 12.8. The van der Waals surface area contributed by atoms with Gasteiger partial charge in [0.15, 0.2) is 5.78 Å². The molecule has 0 fully saturated rings. The molecule has 0 amide bonds. The Morgan fingerprint density at radius 3 is 2.44 bits per heavy atom. The van der Waals surface area contributed by atoms with Crippen LogP contribution in [-0.4, -0.2) is 5.78 Å². The number of fused-ring (bicyclic) bond motifs is 2. The topological polar surface area (TPSA) is 47.3 Å². The Hall–Kier alpha value is -3.20. The van der Waals surface area contributed by atoms with Gasteiger partial charge in [0.25, 0.3) is 0 Å². The number of carbonyl (C=O) groups is 1. The van der Waals surface area contributed by atoms with Gasteiger partial charge in [0.2, 0.25) is 5.43 Å². The smallest absolute Gasteiger partial charge is 0.200 e. The van der Waals surface area contributed by atoms with E-state index in [-0.39, 0.29) is 11.2 Å². The van der Waals surface area contributed by atoms with Gasteiger partial charge in [-0.15, -0.1) is 0 Å². The molecule has 0 saturated carbocycles. The van der Waals surface area contributed by atoms with Crippen molar-refractivity contribution >= 4 is 27.7 Å². The number of rotatable bonds is 5. The van der Waals surface area contributed by atoms with Crippen LogP contribution in [0.1, 0.15) is 26.3 Å². The Morgan fingerprint density at radius 1 is 1.04 bits per heavy atom. The summed E-state index contributed by atoms with van der Waals surface area (Å²) in [4.78, 5) is 24.7. The molecule has 0 bridgehead atoms. The highest BCUT2D eigenvalue weighted by molar-refractivity contribution is 5.96. The zero-order chi connectivity index (χ0) is 19.6. The van der Waals surface area contributed by atoms with Crippen molar-refractivity contribution in [3.05, 3.63) is 93.7 Å². The van der Waals surface area contributed by atoms with Gasteiger partial charge in [-0.2, -0.15) is 0 Å². The van der Waals surface area contributed by atoms with Crippen LogP contribution in [0.3, 0.4) is 0 Å². The van der Waals surface area contributed by atoms with Crippen LogP contribution in [0.25, 0.3) is 21.9 Å². The second-order valence-electron chi connectivity index (χ2n) is 6.79. The highest BCUT2D eigenvalue weighted by Crippen LogP contribution is 2.20. The van der Waals surface area contributed by atoms with Gasteiger partial charge in [-0.25, -0.2) is 0 Å². The van der Waals surface area contributed by atoms with Gasteiger partial charge in [0, 0.05) is 5.57 Å². The van der Waals surface area contributed by atoms with E-state index in [4.69, 9.17) is 4.42 Å². The molecule has 0 atom stereocenters. The number of hydrogen-bond acceptors (Lipinski definition) is 3. The lowest BCUT2D eigenvalue weighted by Gasteiger charge is -2.05. The third-order valence-electron chi connectivity index (χ3n) is 4.65. The second-order valence-corrected chi connectivity index (χ2v) is 6.79. The molecular weight excluding hydrogens is 336 g/mol. The second kappa shape index (κ2) is 7.58. The van der Waals surface area contributed by atoms with Gasteiger partial charge in [0.05, 0.1) is 10.8 Å². The molecule has 27 heavy (non-hydrogen) atoms. The van der Waals surface area contributed by atoms with Gasteiger partial charge in [-0.3, -0.25) is 9.59 Å². The predicted molar refractivity (Wildman–Crippen MR) is 111 cm³/mol. The molecule has 3 aromatic rings. The van der Waals surface area contributed by atoms with Crippen molar-refractivity contribution in [1.82, 2.24) is 0 Å². The summed E-state index contributed by atoms with van der Waals surface area (Å²) < 4.78 is 5.84. The normalized spacial score (nSPS) is 12.6. The quantitative estimate of drug-likeness (QED) is 0.342. The molecular formula is C24H22O3. The van der Waals surface area contributed by atoms with Crippen LogP contribution >= 0.6 is 0 Å². The summed E-state index contributed by atoms with van der Waals surface area (Å²) in [5.41, 5.74) is 4.60. The molecule has 0 radical (unpaired) electrons. The van der Waals surface area contributed by atoms with Crippen LogP contribution in [0.5, 0.6) is 0 Å². The summed E-state index contributed by atoms with van der Waals surface area (Å²) >= 11 is 0. The van der Waals surface area contributed by atoms with E-state index < -0.39 is 0 Å². The first-order valence-corrected chi connectivity index (χ1v) is 8.86. The van der Waals surface area contributed by atoms with Crippen molar-refractivity contribution in [2.24, 2.45) is 0 Å².